The second kappa shape index (κ2) is 9.79. The van der Waals surface area contributed by atoms with Gasteiger partial charge in [-0.2, -0.15) is 11.8 Å². The Bertz CT molecular complexity index is 399. The van der Waals surface area contributed by atoms with Crippen molar-refractivity contribution >= 4 is 11.8 Å². The van der Waals surface area contributed by atoms with Gasteiger partial charge >= 0.3 is 0 Å². The quantitative estimate of drug-likeness (QED) is 0.673. The summed E-state index contributed by atoms with van der Waals surface area (Å²) in [7, 11) is 3.29. The van der Waals surface area contributed by atoms with E-state index in [1.807, 2.05) is 30.8 Å². The van der Waals surface area contributed by atoms with E-state index in [0.29, 0.717) is 23.9 Å². The van der Waals surface area contributed by atoms with E-state index in [1.165, 1.54) is 0 Å². The van der Waals surface area contributed by atoms with Gasteiger partial charge in [-0.1, -0.05) is 6.92 Å². The normalized spacial score (nSPS) is 12.0. The third kappa shape index (κ3) is 6.06. The molecule has 1 unspecified atom stereocenters. The van der Waals surface area contributed by atoms with Gasteiger partial charge in [-0.15, -0.1) is 0 Å². The largest absolute Gasteiger partial charge is 0.493 e. The van der Waals surface area contributed by atoms with Crippen LogP contribution in [-0.2, 0) is 6.42 Å². The molecule has 120 valence electrons. The molecule has 1 atom stereocenters. The Morgan fingerprint density at radius 1 is 1.19 bits per heavy atom. The van der Waals surface area contributed by atoms with Gasteiger partial charge in [-0.3, -0.25) is 0 Å². The van der Waals surface area contributed by atoms with E-state index in [1.54, 1.807) is 14.2 Å². The van der Waals surface area contributed by atoms with Crippen molar-refractivity contribution in [1.82, 2.24) is 0 Å². The molecule has 0 amide bonds. The maximum Gasteiger partial charge on any atom is 0.203 e. The van der Waals surface area contributed by atoms with Crippen molar-refractivity contribution in [3.05, 3.63) is 17.7 Å². The van der Waals surface area contributed by atoms with Gasteiger partial charge < -0.3 is 19.9 Å². The SMILES string of the molecule is CCSCCCOc1c(OC)cc(CC(C)N)cc1OC. The van der Waals surface area contributed by atoms with Crippen molar-refractivity contribution in [3.8, 4) is 17.2 Å². The number of ether oxygens (including phenoxy) is 3. The van der Waals surface area contributed by atoms with Crippen molar-refractivity contribution in [1.29, 1.82) is 0 Å². The number of hydrogen-bond acceptors (Lipinski definition) is 5. The molecule has 1 aromatic carbocycles. The monoisotopic (exact) mass is 313 g/mol. The predicted octanol–water partition coefficient (Wildman–Crippen LogP) is 3.12. The molecule has 0 radical (unpaired) electrons. The predicted molar refractivity (Wildman–Crippen MR) is 90.0 cm³/mol. The molecule has 0 aromatic heterocycles. The van der Waals surface area contributed by atoms with Gasteiger partial charge in [0.15, 0.2) is 11.5 Å². The molecule has 0 saturated heterocycles. The lowest BCUT2D eigenvalue weighted by atomic mass is 10.1. The standard InChI is InChI=1S/C16H27NO3S/c1-5-21-8-6-7-20-16-14(18-3)10-13(9-12(2)17)11-15(16)19-4/h10-12H,5-9,17H2,1-4H3. The summed E-state index contributed by atoms with van der Waals surface area (Å²) in [6.45, 7) is 4.80. The third-order valence-corrected chi connectivity index (χ3v) is 3.95. The molecule has 0 aliphatic heterocycles. The lowest BCUT2D eigenvalue weighted by Crippen LogP contribution is -2.17. The molecule has 0 saturated carbocycles. The van der Waals surface area contributed by atoms with Crippen LogP contribution in [0.25, 0.3) is 0 Å². The summed E-state index contributed by atoms with van der Waals surface area (Å²) in [5, 5.41) is 0. The van der Waals surface area contributed by atoms with E-state index in [0.717, 1.165) is 29.9 Å². The second-order valence-corrected chi connectivity index (χ2v) is 6.30. The van der Waals surface area contributed by atoms with Crippen molar-refractivity contribution in [2.45, 2.75) is 32.7 Å². The van der Waals surface area contributed by atoms with Crippen molar-refractivity contribution in [3.63, 3.8) is 0 Å². The zero-order chi connectivity index (χ0) is 15.7. The summed E-state index contributed by atoms with van der Waals surface area (Å²) in [5.74, 6) is 4.32. The van der Waals surface area contributed by atoms with Crippen LogP contribution >= 0.6 is 11.8 Å². The minimum Gasteiger partial charge on any atom is -0.493 e. The molecular weight excluding hydrogens is 286 g/mol. The minimum absolute atomic E-state index is 0.0947. The van der Waals surface area contributed by atoms with Gasteiger partial charge in [0, 0.05) is 6.04 Å². The summed E-state index contributed by atoms with van der Waals surface area (Å²) in [6, 6.07) is 4.04. The molecular formula is C16H27NO3S. The summed E-state index contributed by atoms with van der Waals surface area (Å²) < 4.78 is 16.7. The molecule has 1 aromatic rings. The van der Waals surface area contributed by atoms with Gasteiger partial charge in [0.05, 0.1) is 20.8 Å². The van der Waals surface area contributed by atoms with Crippen LogP contribution in [-0.4, -0.2) is 38.4 Å². The number of rotatable bonds is 10. The molecule has 0 fully saturated rings. The molecule has 21 heavy (non-hydrogen) atoms. The zero-order valence-corrected chi connectivity index (χ0v) is 14.3. The first-order valence-electron chi connectivity index (χ1n) is 7.33. The molecule has 0 bridgehead atoms. The molecule has 0 spiro atoms. The first-order chi connectivity index (χ1) is 10.1. The first-order valence-corrected chi connectivity index (χ1v) is 8.48. The third-order valence-electron chi connectivity index (χ3n) is 2.96. The van der Waals surface area contributed by atoms with Gasteiger partial charge in [0.25, 0.3) is 0 Å². The number of hydrogen-bond donors (Lipinski definition) is 1. The Kier molecular flexibility index (Phi) is 8.38. The maximum absolute atomic E-state index is 5.86. The van der Waals surface area contributed by atoms with Crippen LogP contribution in [0.5, 0.6) is 17.2 Å². The Hall–Kier alpha value is -1.07. The molecule has 4 nitrogen and oxygen atoms in total. The van der Waals surface area contributed by atoms with E-state index in [4.69, 9.17) is 19.9 Å². The van der Waals surface area contributed by atoms with Crippen LogP contribution in [0, 0.1) is 0 Å². The fourth-order valence-corrected chi connectivity index (χ4v) is 2.66. The minimum atomic E-state index is 0.0947. The average molecular weight is 313 g/mol. The summed E-state index contributed by atoms with van der Waals surface area (Å²) in [4.78, 5) is 0. The highest BCUT2D eigenvalue weighted by atomic mass is 32.2. The van der Waals surface area contributed by atoms with Crippen LogP contribution in [0.4, 0.5) is 0 Å². The van der Waals surface area contributed by atoms with E-state index >= 15 is 0 Å². The van der Waals surface area contributed by atoms with E-state index < -0.39 is 0 Å². The van der Waals surface area contributed by atoms with E-state index in [2.05, 4.69) is 6.92 Å². The summed E-state index contributed by atoms with van der Waals surface area (Å²) in [5.41, 5.74) is 6.95. The van der Waals surface area contributed by atoms with Crippen molar-refractivity contribution in [2.75, 3.05) is 32.3 Å². The first kappa shape index (κ1) is 18.0. The van der Waals surface area contributed by atoms with Crippen LogP contribution in [0.1, 0.15) is 25.8 Å². The lowest BCUT2D eigenvalue weighted by molar-refractivity contribution is 0.275. The van der Waals surface area contributed by atoms with Crippen molar-refractivity contribution in [2.24, 2.45) is 5.73 Å². The molecule has 0 aliphatic rings. The molecule has 0 aliphatic carbocycles. The van der Waals surface area contributed by atoms with Crippen LogP contribution < -0.4 is 19.9 Å². The summed E-state index contributed by atoms with van der Waals surface area (Å²) >= 11 is 1.92. The van der Waals surface area contributed by atoms with Crippen molar-refractivity contribution < 1.29 is 14.2 Å². The Labute approximate surface area is 132 Å². The smallest absolute Gasteiger partial charge is 0.203 e. The van der Waals surface area contributed by atoms with Crippen LogP contribution in [0.3, 0.4) is 0 Å². The molecule has 1 rings (SSSR count). The fraction of sp³-hybridized carbons (Fsp3) is 0.625. The number of benzene rings is 1. The number of thioether (sulfide) groups is 1. The topological polar surface area (TPSA) is 53.7 Å². The number of methoxy groups -OCH3 is 2. The highest BCUT2D eigenvalue weighted by molar-refractivity contribution is 7.99. The average Bonchev–Trinajstić information content (AvgIpc) is 2.46. The zero-order valence-electron chi connectivity index (χ0n) is 13.5. The van der Waals surface area contributed by atoms with Crippen LogP contribution in [0.2, 0.25) is 0 Å². The molecule has 0 heterocycles. The molecule has 5 heteroatoms. The van der Waals surface area contributed by atoms with Crippen LogP contribution in [0.15, 0.2) is 12.1 Å². The Balaban J connectivity index is 2.80. The van der Waals surface area contributed by atoms with Gasteiger partial charge in [-0.05, 0) is 49.0 Å². The number of nitrogens with two attached hydrogens (primary N) is 1. The summed E-state index contributed by atoms with van der Waals surface area (Å²) in [6.07, 6.45) is 1.78. The van der Waals surface area contributed by atoms with E-state index in [-0.39, 0.29) is 6.04 Å². The van der Waals surface area contributed by atoms with Gasteiger partial charge in [-0.25, -0.2) is 0 Å². The Morgan fingerprint density at radius 2 is 1.81 bits per heavy atom. The van der Waals surface area contributed by atoms with Gasteiger partial charge in [0.2, 0.25) is 5.75 Å². The van der Waals surface area contributed by atoms with Gasteiger partial charge in [0.1, 0.15) is 0 Å². The van der Waals surface area contributed by atoms with E-state index in [9.17, 15) is 0 Å². The fourth-order valence-electron chi connectivity index (χ4n) is 2.05. The maximum atomic E-state index is 5.86. The lowest BCUT2D eigenvalue weighted by Gasteiger charge is -2.16. The highest BCUT2D eigenvalue weighted by Crippen LogP contribution is 2.38. The Morgan fingerprint density at radius 3 is 2.29 bits per heavy atom. The highest BCUT2D eigenvalue weighted by Gasteiger charge is 2.14. The molecule has 2 N–H and O–H groups in total. The second-order valence-electron chi connectivity index (χ2n) is 4.91.